The topological polar surface area (TPSA) is 39.1 Å². The van der Waals surface area contributed by atoms with E-state index < -0.39 is 0 Å². The van der Waals surface area contributed by atoms with Crippen LogP contribution < -0.4 is 10.1 Å². The largest absolute Gasteiger partial charge is 0.452 e. The molecule has 1 aliphatic heterocycles. The van der Waals surface area contributed by atoms with Crippen LogP contribution in [0.4, 0.5) is 0 Å². The van der Waals surface area contributed by atoms with Crippen molar-refractivity contribution in [3.8, 4) is 11.5 Å². The van der Waals surface area contributed by atoms with Gasteiger partial charge in [-0.1, -0.05) is 23.7 Å². The summed E-state index contributed by atoms with van der Waals surface area (Å²) in [5.41, 5.74) is 0. The van der Waals surface area contributed by atoms with Crippen molar-refractivity contribution in [3.05, 3.63) is 41.7 Å². The molecule has 1 aromatic carbocycles. The summed E-state index contributed by atoms with van der Waals surface area (Å²) < 4.78 is 7.71. The van der Waals surface area contributed by atoms with E-state index in [1.54, 1.807) is 6.20 Å². The quantitative estimate of drug-likeness (QED) is 0.939. The van der Waals surface area contributed by atoms with Gasteiger partial charge < -0.3 is 10.1 Å². The number of rotatable bonds is 4. The predicted octanol–water partition coefficient (Wildman–Crippen LogP) is 3.33. The molecule has 5 heteroatoms. The number of ether oxygens (including phenoxy) is 1. The van der Waals surface area contributed by atoms with Crippen LogP contribution in [-0.2, 0) is 6.54 Å². The highest BCUT2D eigenvalue weighted by molar-refractivity contribution is 6.32. The van der Waals surface area contributed by atoms with Crippen LogP contribution in [0.1, 0.15) is 12.8 Å². The first-order valence-electron chi connectivity index (χ1n) is 6.97. The lowest BCUT2D eigenvalue weighted by molar-refractivity contribution is 0.321. The van der Waals surface area contributed by atoms with Crippen molar-refractivity contribution < 1.29 is 4.74 Å². The minimum absolute atomic E-state index is 0.610. The van der Waals surface area contributed by atoms with E-state index in [1.807, 2.05) is 35.1 Å². The van der Waals surface area contributed by atoms with Crippen LogP contribution in [0.2, 0.25) is 5.02 Å². The Balaban J connectivity index is 1.63. The Morgan fingerprint density at radius 1 is 1.30 bits per heavy atom. The summed E-state index contributed by atoms with van der Waals surface area (Å²) in [6, 6.07) is 7.46. The molecule has 4 nitrogen and oxygen atoms in total. The van der Waals surface area contributed by atoms with Crippen LogP contribution in [-0.4, -0.2) is 22.9 Å². The maximum atomic E-state index is 6.08. The van der Waals surface area contributed by atoms with Gasteiger partial charge in [-0.25, -0.2) is 0 Å². The van der Waals surface area contributed by atoms with Gasteiger partial charge in [0.25, 0.3) is 0 Å². The summed E-state index contributed by atoms with van der Waals surface area (Å²) >= 11 is 6.08. The Morgan fingerprint density at radius 2 is 2.10 bits per heavy atom. The molecule has 0 bridgehead atoms. The molecule has 1 aromatic heterocycles. The van der Waals surface area contributed by atoms with Crippen molar-refractivity contribution in [3.63, 3.8) is 0 Å². The molecular formula is C15H18ClN3O. The SMILES string of the molecule is Clc1ccccc1Oc1cnn(CC2CCNCC2)c1. The maximum Gasteiger partial charge on any atom is 0.165 e. The molecule has 0 amide bonds. The first-order chi connectivity index (χ1) is 9.81. The van der Waals surface area contributed by atoms with Gasteiger partial charge in [-0.05, 0) is 44.0 Å². The molecule has 0 spiro atoms. The molecule has 0 aliphatic carbocycles. The summed E-state index contributed by atoms with van der Waals surface area (Å²) in [5, 5.41) is 8.35. The second kappa shape index (κ2) is 6.29. The van der Waals surface area contributed by atoms with Crippen molar-refractivity contribution in [2.24, 2.45) is 5.92 Å². The van der Waals surface area contributed by atoms with E-state index in [4.69, 9.17) is 16.3 Å². The number of halogens is 1. The maximum absolute atomic E-state index is 6.08. The molecule has 2 aromatic rings. The Kier molecular flexibility index (Phi) is 4.23. The molecule has 0 radical (unpaired) electrons. The molecule has 2 heterocycles. The lowest BCUT2D eigenvalue weighted by atomic mass is 9.98. The molecular weight excluding hydrogens is 274 g/mol. The molecule has 106 valence electrons. The average Bonchev–Trinajstić information content (AvgIpc) is 2.90. The standard InChI is InChI=1S/C15H18ClN3O/c16-14-3-1-2-4-15(14)20-13-9-18-19(11-13)10-12-5-7-17-8-6-12/h1-4,9,11-12,17H,5-8,10H2. The van der Waals surface area contributed by atoms with Gasteiger partial charge in [0.15, 0.2) is 5.75 Å². The number of para-hydroxylation sites is 1. The molecule has 3 rings (SSSR count). The fraction of sp³-hybridized carbons (Fsp3) is 0.400. The van der Waals surface area contributed by atoms with Crippen LogP contribution in [0.3, 0.4) is 0 Å². The second-order valence-electron chi connectivity index (χ2n) is 5.12. The molecule has 1 aliphatic rings. The fourth-order valence-corrected chi connectivity index (χ4v) is 2.65. The number of nitrogens with one attached hydrogen (secondary N) is 1. The lowest BCUT2D eigenvalue weighted by Crippen LogP contribution is -2.29. The monoisotopic (exact) mass is 291 g/mol. The Morgan fingerprint density at radius 3 is 2.90 bits per heavy atom. The normalized spacial score (nSPS) is 16.2. The van der Waals surface area contributed by atoms with Gasteiger partial charge >= 0.3 is 0 Å². The third kappa shape index (κ3) is 3.32. The molecule has 0 saturated carbocycles. The average molecular weight is 292 g/mol. The zero-order valence-electron chi connectivity index (χ0n) is 11.3. The van der Waals surface area contributed by atoms with Gasteiger partial charge in [0.2, 0.25) is 0 Å². The predicted molar refractivity (Wildman–Crippen MR) is 79.3 cm³/mol. The van der Waals surface area contributed by atoms with Gasteiger partial charge in [0, 0.05) is 6.54 Å². The molecule has 20 heavy (non-hydrogen) atoms. The number of nitrogens with zero attached hydrogens (tertiary/aromatic N) is 2. The smallest absolute Gasteiger partial charge is 0.165 e. The third-order valence-electron chi connectivity index (χ3n) is 3.58. The second-order valence-corrected chi connectivity index (χ2v) is 5.53. The number of hydrogen-bond donors (Lipinski definition) is 1. The van der Waals surface area contributed by atoms with E-state index in [0.29, 0.717) is 16.7 Å². The third-order valence-corrected chi connectivity index (χ3v) is 3.89. The van der Waals surface area contributed by atoms with Crippen LogP contribution in [0.15, 0.2) is 36.7 Å². The first kappa shape index (κ1) is 13.5. The minimum Gasteiger partial charge on any atom is -0.452 e. The van der Waals surface area contributed by atoms with E-state index in [0.717, 1.165) is 25.4 Å². The summed E-state index contributed by atoms with van der Waals surface area (Å²) in [6.45, 7) is 3.16. The zero-order valence-corrected chi connectivity index (χ0v) is 12.0. The van der Waals surface area contributed by atoms with E-state index in [9.17, 15) is 0 Å². The summed E-state index contributed by atoms with van der Waals surface area (Å²) in [7, 11) is 0. The molecule has 0 atom stereocenters. The van der Waals surface area contributed by atoms with Gasteiger partial charge in [-0.2, -0.15) is 5.10 Å². The van der Waals surface area contributed by atoms with Crippen LogP contribution in [0.5, 0.6) is 11.5 Å². The molecule has 1 N–H and O–H groups in total. The highest BCUT2D eigenvalue weighted by atomic mass is 35.5. The van der Waals surface area contributed by atoms with Gasteiger partial charge in [0.1, 0.15) is 5.75 Å². The van der Waals surface area contributed by atoms with E-state index >= 15 is 0 Å². The van der Waals surface area contributed by atoms with Crippen LogP contribution in [0, 0.1) is 5.92 Å². The van der Waals surface area contributed by atoms with E-state index in [1.165, 1.54) is 12.8 Å². The first-order valence-corrected chi connectivity index (χ1v) is 7.34. The molecule has 1 saturated heterocycles. The number of hydrogen-bond acceptors (Lipinski definition) is 3. The lowest BCUT2D eigenvalue weighted by Gasteiger charge is -2.22. The zero-order chi connectivity index (χ0) is 13.8. The van der Waals surface area contributed by atoms with Crippen LogP contribution in [0.25, 0.3) is 0 Å². The van der Waals surface area contributed by atoms with Gasteiger partial charge in [0.05, 0.1) is 17.4 Å². The van der Waals surface area contributed by atoms with Crippen molar-refractivity contribution >= 4 is 11.6 Å². The summed E-state index contributed by atoms with van der Waals surface area (Å²) in [5.74, 6) is 2.09. The summed E-state index contributed by atoms with van der Waals surface area (Å²) in [6.07, 6.45) is 6.09. The Labute approximate surface area is 123 Å². The van der Waals surface area contributed by atoms with Gasteiger partial charge in [-0.3, -0.25) is 4.68 Å². The number of piperidine rings is 1. The van der Waals surface area contributed by atoms with E-state index in [2.05, 4.69) is 10.4 Å². The van der Waals surface area contributed by atoms with Crippen molar-refractivity contribution in [1.29, 1.82) is 0 Å². The molecule has 0 unspecified atom stereocenters. The number of aromatic nitrogens is 2. The van der Waals surface area contributed by atoms with Crippen molar-refractivity contribution in [2.45, 2.75) is 19.4 Å². The minimum atomic E-state index is 0.610. The van der Waals surface area contributed by atoms with Crippen molar-refractivity contribution in [1.82, 2.24) is 15.1 Å². The van der Waals surface area contributed by atoms with Crippen LogP contribution >= 0.6 is 11.6 Å². The Hall–Kier alpha value is -1.52. The highest BCUT2D eigenvalue weighted by Gasteiger charge is 2.14. The fourth-order valence-electron chi connectivity index (χ4n) is 2.48. The highest BCUT2D eigenvalue weighted by Crippen LogP contribution is 2.28. The summed E-state index contributed by atoms with van der Waals surface area (Å²) in [4.78, 5) is 0. The van der Waals surface area contributed by atoms with E-state index in [-0.39, 0.29) is 0 Å². The number of benzene rings is 1. The van der Waals surface area contributed by atoms with Crippen molar-refractivity contribution in [2.75, 3.05) is 13.1 Å². The van der Waals surface area contributed by atoms with Gasteiger partial charge in [-0.15, -0.1) is 0 Å². The molecule has 1 fully saturated rings. The Bertz CT molecular complexity index is 564.